The second-order valence-corrected chi connectivity index (χ2v) is 4.58. The van der Waals surface area contributed by atoms with E-state index in [2.05, 4.69) is 4.90 Å². The molecule has 0 saturated carbocycles. The average molecular weight is 233 g/mol. The van der Waals surface area contributed by atoms with Crippen LogP contribution in [-0.2, 0) is 4.74 Å². The van der Waals surface area contributed by atoms with E-state index in [0.717, 1.165) is 25.8 Å². The van der Waals surface area contributed by atoms with E-state index in [0.29, 0.717) is 13.2 Å². The van der Waals surface area contributed by atoms with Gasteiger partial charge in [-0.2, -0.15) is 0 Å². The van der Waals surface area contributed by atoms with Crippen LogP contribution in [0.5, 0.6) is 0 Å². The predicted octanol–water partition coefficient (Wildman–Crippen LogP) is 0.867. The van der Waals surface area contributed by atoms with Gasteiger partial charge >= 0.3 is 0 Å². The molecule has 4 heteroatoms. The first-order valence-corrected chi connectivity index (χ1v) is 6.15. The molecule has 0 aliphatic carbocycles. The van der Waals surface area contributed by atoms with Crippen molar-refractivity contribution >= 4 is 0 Å². The quantitative estimate of drug-likeness (QED) is 0.550. The van der Waals surface area contributed by atoms with Gasteiger partial charge in [-0.3, -0.25) is 0 Å². The second kappa shape index (κ2) is 10.0. The van der Waals surface area contributed by atoms with Gasteiger partial charge in [-0.05, 0) is 46.7 Å². The molecule has 0 amide bonds. The SMILES string of the molecule is CC(C)OCC(O)CN(C)CCCCCO. The molecule has 0 aliphatic heterocycles. The Bertz CT molecular complexity index is 153. The number of rotatable bonds is 10. The largest absolute Gasteiger partial charge is 0.396 e. The Kier molecular flexibility index (Phi) is 9.92. The summed E-state index contributed by atoms with van der Waals surface area (Å²) in [4.78, 5) is 2.10. The summed E-state index contributed by atoms with van der Waals surface area (Å²) in [5.41, 5.74) is 0. The molecule has 0 rings (SSSR count). The molecular weight excluding hydrogens is 206 g/mol. The van der Waals surface area contributed by atoms with Gasteiger partial charge in [-0.25, -0.2) is 0 Å². The highest BCUT2D eigenvalue weighted by Crippen LogP contribution is 1.99. The predicted molar refractivity (Wildman–Crippen MR) is 65.5 cm³/mol. The molecule has 0 radical (unpaired) electrons. The van der Waals surface area contributed by atoms with Crippen molar-refractivity contribution in [3.63, 3.8) is 0 Å². The Morgan fingerprint density at radius 3 is 2.44 bits per heavy atom. The van der Waals surface area contributed by atoms with Crippen molar-refractivity contribution in [3.8, 4) is 0 Å². The molecule has 1 atom stereocenters. The maximum Gasteiger partial charge on any atom is 0.0900 e. The summed E-state index contributed by atoms with van der Waals surface area (Å²) in [5.74, 6) is 0. The Morgan fingerprint density at radius 2 is 1.88 bits per heavy atom. The van der Waals surface area contributed by atoms with E-state index in [4.69, 9.17) is 9.84 Å². The molecule has 0 heterocycles. The smallest absolute Gasteiger partial charge is 0.0900 e. The number of unbranched alkanes of at least 4 members (excludes halogenated alkanes) is 2. The van der Waals surface area contributed by atoms with Gasteiger partial charge in [-0.1, -0.05) is 0 Å². The first-order valence-electron chi connectivity index (χ1n) is 6.15. The summed E-state index contributed by atoms with van der Waals surface area (Å²) in [7, 11) is 2.00. The molecule has 0 spiro atoms. The van der Waals surface area contributed by atoms with Crippen molar-refractivity contribution < 1.29 is 14.9 Å². The summed E-state index contributed by atoms with van der Waals surface area (Å²) in [6, 6.07) is 0. The van der Waals surface area contributed by atoms with Crippen molar-refractivity contribution in [1.29, 1.82) is 0 Å². The first-order chi connectivity index (χ1) is 7.56. The van der Waals surface area contributed by atoms with E-state index in [9.17, 15) is 5.11 Å². The molecule has 1 unspecified atom stereocenters. The third-order valence-electron chi connectivity index (χ3n) is 2.34. The van der Waals surface area contributed by atoms with Crippen LogP contribution in [0, 0.1) is 0 Å². The molecule has 0 fully saturated rings. The summed E-state index contributed by atoms with van der Waals surface area (Å²) in [5, 5.41) is 18.3. The topological polar surface area (TPSA) is 52.9 Å². The van der Waals surface area contributed by atoms with Crippen LogP contribution in [0.3, 0.4) is 0 Å². The Morgan fingerprint density at radius 1 is 1.19 bits per heavy atom. The molecule has 0 aliphatic rings. The van der Waals surface area contributed by atoms with Gasteiger partial charge in [0.15, 0.2) is 0 Å². The maximum absolute atomic E-state index is 9.66. The van der Waals surface area contributed by atoms with Crippen molar-refractivity contribution in [2.45, 2.75) is 45.3 Å². The zero-order valence-electron chi connectivity index (χ0n) is 10.9. The van der Waals surface area contributed by atoms with Crippen molar-refractivity contribution in [3.05, 3.63) is 0 Å². The lowest BCUT2D eigenvalue weighted by Gasteiger charge is -2.21. The summed E-state index contributed by atoms with van der Waals surface area (Å²) < 4.78 is 5.34. The normalized spacial score (nSPS) is 13.7. The fraction of sp³-hybridized carbons (Fsp3) is 1.00. The summed E-state index contributed by atoms with van der Waals surface area (Å²) in [6.07, 6.45) is 2.73. The molecule has 16 heavy (non-hydrogen) atoms. The molecule has 0 saturated heterocycles. The van der Waals surface area contributed by atoms with Crippen LogP contribution in [-0.4, -0.2) is 60.7 Å². The lowest BCUT2D eigenvalue weighted by atomic mass is 10.2. The minimum absolute atomic E-state index is 0.171. The summed E-state index contributed by atoms with van der Waals surface area (Å²) in [6.45, 7) is 6.20. The van der Waals surface area contributed by atoms with Crippen LogP contribution in [0.4, 0.5) is 0 Å². The molecule has 0 bridgehead atoms. The van der Waals surface area contributed by atoms with Gasteiger partial charge in [0, 0.05) is 13.2 Å². The Hall–Kier alpha value is -0.160. The van der Waals surface area contributed by atoms with Crippen LogP contribution in [0.1, 0.15) is 33.1 Å². The highest BCUT2D eigenvalue weighted by molar-refractivity contribution is 4.61. The zero-order valence-corrected chi connectivity index (χ0v) is 10.9. The maximum atomic E-state index is 9.66. The van der Waals surface area contributed by atoms with Gasteiger partial charge in [0.25, 0.3) is 0 Å². The third-order valence-corrected chi connectivity index (χ3v) is 2.34. The number of aliphatic hydroxyl groups is 2. The number of hydrogen-bond acceptors (Lipinski definition) is 4. The van der Waals surface area contributed by atoms with Crippen LogP contribution < -0.4 is 0 Å². The Balaban J connectivity index is 3.42. The molecule has 0 aromatic rings. The minimum atomic E-state index is -0.412. The first kappa shape index (κ1) is 15.8. The summed E-state index contributed by atoms with van der Waals surface area (Å²) >= 11 is 0. The highest BCUT2D eigenvalue weighted by atomic mass is 16.5. The van der Waals surface area contributed by atoms with E-state index in [1.54, 1.807) is 0 Å². The van der Waals surface area contributed by atoms with E-state index >= 15 is 0 Å². The minimum Gasteiger partial charge on any atom is -0.396 e. The number of likely N-dealkylation sites (N-methyl/N-ethyl adjacent to an activating group) is 1. The molecule has 2 N–H and O–H groups in total. The molecule has 0 aromatic heterocycles. The van der Waals surface area contributed by atoms with Crippen molar-refractivity contribution in [2.24, 2.45) is 0 Å². The van der Waals surface area contributed by atoms with Crippen LogP contribution in [0.25, 0.3) is 0 Å². The number of ether oxygens (including phenoxy) is 1. The molecule has 4 nitrogen and oxygen atoms in total. The second-order valence-electron chi connectivity index (χ2n) is 4.58. The fourth-order valence-corrected chi connectivity index (χ4v) is 1.48. The number of aliphatic hydroxyl groups excluding tert-OH is 2. The zero-order chi connectivity index (χ0) is 12.4. The van der Waals surface area contributed by atoms with Crippen molar-refractivity contribution in [2.75, 3.05) is 33.4 Å². The lowest BCUT2D eigenvalue weighted by Crippen LogP contribution is -2.33. The average Bonchev–Trinajstić information content (AvgIpc) is 2.21. The fourth-order valence-electron chi connectivity index (χ4n) is 1.48. The monoisotopic (exact) mass is 233 g/mol. The lowest BCUT2D eigenvalue weighted by molar-refractivity contribution is -0.00568. The van der Waals surface area contributed by atoms with Crippen LogP contribution in [0.15, 0.2) is 0 Å². The van der Waals surface area contributed by atoms with Gasteiger partial charge < -0.3 is 19.8 Å². The van der Waals surface area contributed by atoms with Gasteiger partial charge in [0.1, 0.15) is 0 Å². The highest BCUT2D eigenvalue weighted by Gasteiger charge is 2.08. The molecular formula is C12H27NO3. The van der Waals surface area contributed by atoms with Crippen LogP contribution >= 0.6 is 0 Å². The van der Waals surface area contributed by atoms with Crippen molar-refractivity contribution in [1.82, 2.24) is 4.90 Å². The van der Waals surface area contributed by atoms with Crippen LogP contribution in [0.2, 0.25) is 0 Å². The van der Waals surface area contributed by atoms with Gasteiger partial charge in [0.2, 0.25) is 0 Å². The number of hydrogen-bond donors (Lipinski definition) is 2. The molecule has 98 valence electrons. The number of nitrogens with zero attached hydrogens (tertiary/aromatic N) is 1. The van der Waals surface area contributed by atoms with Gasteiger partial charge in [0.05, 0.1) is 18.8 Å². The van der Waals surface area contributed by atoms with E-state index < -0.39 is 6.10 Å². The standard InChI is InChI=1S/C12H27NO3/c1-11(2)16-10-12(15)9-13(3)7-5-4-6-8-14/h11-12,14-15H,4-10H2,1-3H3. The third kappa shape index (κ3) is 10.4. The van der Waals surface area contributed by atoms with E-state index in [1.165, 1.54) is 0 Å². The van der Waals surface area contributed by atoms with Gasteiger partial charge in [-0.15, -0.1) is 0 Å². The van der Waals surface area contributed by atoms with E-state index in [-0.39, 0.29) is 12.7 Å². The molecule has 0 aromatic carbocycles. The van der Waals surface area contributed by atoms with E-state index in [1.807, 2.05) is 20.9 Å². The Labute approximate surface area is 99.2 Å².